The molecule has 2 rings (SSSR count). The van der Waals surface area contributed by atoms with Crippen molar-refractivity contribution >= 4 is 11.9 Å². The van der Waals surface area contributed by atoms with Crippen molar-refractivity contribution in [2.45, 2.75) is 26.2 Å². The molecule has 17 heavy (non-hydrogen) atoms. The van der Waals surface area contributed by atoms with Gasteiger partial charge in [-0.05, 0) is 42.5 Å². The van der Waals surface area contributed by atoms with Crippen LogP contribution in [0.2, 0.25) is 0 Å². The summed E-state index contributed by atoms with van der Waals surface area (Å²) in [6.07, 6.45) is 3.81. The van der Waals surface area contributed by atoms with Crippen molar-refractivity contribution in [1.82, 2.24) is 0 Å². The van der Waals surface area contributed by atoms with E-state index in [1.54, 1.807) is 12.1 Å². The highest BCUT2D eigenvalue weighted by Gasteiger charge is 2.21. The van der Waals surface area contributed by atoms with Gasteiger partial charge in [-0.25, -0.2) is 0 Å². The van der Waals surface area contributed by atoms with Gasteiger partial charge in [-0.3, -0.25) is 4.79 Å². The number of benzene rings is 1. The van der Waals surface area contributed by atoms with Crippen molar-refractivity contribution in [3.63, 3.8) is 0 Å². The van der Waals surface area contributed by atoms with Crippen molar-refractivity contribution in [1.29, 1.82) is 0 Å². The average Bonchev–Trinajstić information content (AvgIpc) is 2.28. The molecule has 3 nitrogen and oxygen atoms in total. The maximum Gasteiger partial charge on any atom is 0.158 e. The fourth-order valence-corrected chi connectivity index (χ4v) is 2.13. The SMILES string of the molecule is CC1CCC(=O)C(=Cc2c(O)cccc2O)C1. The minimum atomic E-state index is 0.00327. The number of hydrogen-bond donors (Lipinski definition) is 2. The molecular formula is C14H16O3. The van der Waals surface area contributed by atoms with Crippen LogP contribution in [-0.2, 0) is 4.79 Å². The number of allylic oxidation sites excluding steroid dienone is 1. The van der Waals surface area contributed by atoms with Crippen LogP contribution in [0.1, 0.15) is 31.7 Å². The molecule has 1 fully saturated rings. The number of ketones is 1. The molecule has 90 valence electrons. The number of Topliss-reactive ketones (excluding diaryl/α,β-unsaturated/α-hetero) is 1. The summed E-state index contributed by atoms with van der Waals surface area (Å²) < 4.78 is 0. The predicted molar refractivity (Wildman–Crippen MR) is 65.8 cm³/mol. The van der Waals surface area contributed by atoms with E-state index in [4.69, 9.17) is 0 Å². The van der Waals surface area contributed by atoms with Gasteiger partial charge in [-0.2, -0.15) is 0 Å². The summed E-state index contributed by atoms with van der Waals surface area (Å²) in [5.41, 5.74) is 1.03. The van der Waals surface area contributed by atoms with Gasteiger partial charge in [0.15, 0.2) is 5.78 Å². The Morgan fingerprint density at radius 2 is 1.94 bits per heavy atom. The second-order valence-corrected chi connectivity index (χ2v) is 4.65. The maximum absolute atomic E-state index is 11.7. The average molecular weight is 232 g/mol. The molecule has 3 heteroatoms. The number of aromatic hydroxyl groups is 2. The molecule has 0 radical (unpaired) electrons. The lowest BCUT2D eigenvalue weighted by Crippen LogP contribution is -2.14. The second-order valence-electron chi connectivity index (χ2n) is 4.65. The zero-order valence-corrected chi connectivity index (χ0v) is 9.81. The van der Waals surface area contributed by atoms with Crippen molar-refractivity contribution in [3.8, 4) is 11.5 Å². The van der Waals surface area contributed by atoms with Crippen molar-refractivity contribution in [2.24, 2.45) is 5.92 Å². The smallest absolute Gasteiger partial charge is 0.158 e. The van der Waals surface area contributed by atoms with E-state index in [-0.39, 0.29) is 17.3 Å². The Hall–Kier alpha value is -1.77. The topological polar surface area (TPSA) is 57.5 Å². The van der Waals surface area contributed by atoms with Crippen LogP contribution in [0.25, 0.3) is 6.08 Å². The second kappa shape index (κ2) is 4.62. The first kappa shape index (κ1) is 11.7. The highest BCUT2D eigenvalue weighted by atomic mass is 16.3. The van der Waals surface area contributed by atoms with E-state index in [1.807, 2.05) is 0 Å². The third-order valence-electron chi connectivity index (χ3n) is 3.17. The van der Waals surface area contributed by atoms with E-state index >= 15 is 0 Å². The molecule has 1 aliphatic carbocycles. The fourth-order valence-electron chi connectivity index (χ4n) is 2.13. The minimum absolute atomic E-state index is 0.00327. The van der Waals surface area contributed by atoms with E-state index in [0.717, 1.165) is 6.42 Å². The lowest BCUT2D eigenvalue weighted by atomic mass is 9.85. The lowest BCUT2D eigenvalue weighted by molar-refractivity contribution is -0.116. The lowest BCUT2D eigenvalue weighted by Gasteiger charge is -2.19. The van der Waals surface area contributed by atoms with Gasteiger partial charge in [0.25, 0.3) is 0 Å². The Balaban J connectivity index is 2.37. The molecule has 0 amide bonds. The highest BCUT2D eigenvalue weighted by Crippen LogP contribution is 2.32. The molecule has 2 N–H and O–H groups in total. The van der Waals surface area contributed by atoms with Crippen LogP contribution >= 0.6 is 0 Å². The maximum atomic E-state index is 11.7. The van der Waals surface area contributed by atoms with E-state index in [0.29, 0.717) is 29.9 Å². The molecule has 1 aromatic carbocycles. The quantitative estimate of drug-likeness (QED) is 0.732. The molecule has 0 aromatic heterocycles. The molecule has 1 saturated carbocycles. The Labute approximate surface area is 100 Å². The van der Waals surface area contributed by atoms with E-state index in [1.165, 1.54) is 12.1 Å². The number of phenolic OH excluding ortho intramolecular Hbond substituents is 2. The van der Waals surface area contributed by atoms with E-state index < -0.39 is 0 Å². The number of rotatable bonds is 1. The standard InChI is InChI=1S/C14H16O3/c1-9-5-6-12(15)10(7-9)8-11-13(16)3-2-4-14(11)17/h2-4,8-9,16-17H,5-7H2,1H3. The van der Waals surface area contributed by atoms with Gasteiger partial charge in [0.1, 0.15) is 11.5 Å². The summed E-state index contributed by atoms with van der Waals surface area (Å²) in [6.45, 7) is 2.10. The Morgan fingerprint density at radius 3 is 2.59 bits per heavy atom. The van der Waals surface area contributed by atoms with Crippen LogP contribution in [0.15, 0.2) is 23.8 Å². The fraction of sp³-hybridized carbons (Fsp3) is 0.357. The molecule has 0 saturated heterocycles. The predicted octanol–water partition coefficient (Wildman–Crippen LogP) is 2.87. The third-order valence-corrected chi connectivity index (χ3v) is 3.17. The summed E-state index contributed by atoms with van der Waals surface area (Å²) in [4.78, 5) is 11.7. The molecule has 1 aromatic rings. The molecule has 1 unspecified atom stereocenters. The van der Waals surface area contributed by atoms with Crippen molar-refractivity contribution in [3.05, 3.63) is 29.3 Å². The largest absolute Gasteiger partial charge is 0.507 e. The van der Waals surface area contributed by atoms with Gasteiger partial charge in [-0.15, -0.1) is 0 Å². The van der Waals surface area contributed by atoms with Crippen molar-refractivity contribution < 1.29 is 15.0 Å². The zero-order chi connectivity index (χ0) is 12.4. The van der Waals surface area contributed by atoms with Crippen molar-refractivity contribution in [2.75, 3.05) is 0 Å². The van der Waals surface area contributed by atoms with Crippen LogP contribution in [-0.4, -0.2) is 16.0 Å². The van der Waals surface area contributed by atoms with Gasteiger partial charge >= 0.3 is 0 Å². The van der Waals surface area contributed by atoms with E-state index in [9.17, 15) is 15.0 Å². The number of phenols is 2. The first-order valence-corrected chi connectivity index (χ1v) is 5.82. The molecule has 0 aliphatic heterocycles. The van der Waals surface area contributed by atoms with Crippen LogP contribution < -0.4 is 0 Å². The normalized spacial score (nSPS) is 23.0. The van der Waals surface area contributed by atoms with Gasteiger partial charge in [0, 0.05) is 6.42 Å². The summed E-state index contributed by atoms with van der Waals surface area (Å²) in [7, 11) is 0. The summed E-state index contributed by atoms with van der Waals surface area (Å²) in [5, 5.41) is 19.3. The zero-order valence-electron chi connectivity index (χ0n) is 9.81. The van der Waals surface area contributed by atoms with Crippen LogP contribution in [0, 0.1) is 5.92 Å². The van der Waals surface area contributed by atoms with Gasteiger partial charge in [-0.1, -0.05) is 13.0 Å². The summed E-state index contributed by atoms with van der Waals surface area (Å²) in [6, 6.07) is 4.57. The molecule has 1 atom stereocenters. The first-order chi connectivity index (χ1) is 8.08. The van der Waals surface area contributed by atoms with Gasteiger partial charge in [0.05, 0.1) is 5.56 Å². The molecular weight excluding hydrogens is 216 g/mol. The molecule has 0 spiro atoms. The molecule has 0 bridgehead atoms. The minimum Gasteiger partial charge on any atom is -0.507 e. The Kier molecular flexibility index (Phi) is 3.18. The number of carbonyl (C=O) groups excluding carboxylic acids is 1. The molecule has 0 heterocycles. The monoisotopic (exact) mass is 232 g/mol. The first-order valence-electron chi connectivity index (χ1n) is 5.82. The number of hydrogen-bond acceptors (Lipinski definition) is 3. The van der Waals surface area contributed by atoms with Gasteiger partial charge in [0.2, 0.25) is 0 Å². The van der Waals surface area contributed by atoms with Crippen LogP contribution in [0.3, 0.4) is 0 Å². The number of carbonyl (C=O) groups is 1. The Morgan fingerprint density at radius 1 is 1.29 bits per heavy atom. The van der Waals surface area contributed by atoms with E-state index in [2.05, 4.69) is 6.92 Å². The molecule has 1 aliphatic rings. The highest BCUT2D eigenvalue weighted by molar-refractivity contribution is 6.00. The van der Waals surface area contributed by atoms with Crippen LogP contribution in [0.5, 0.6) is 11.5 Å². The summed E-state index contributed by atoms with van der Waals surface area (Å²) >= 11 is 0. The van der Waals surface area contributed by atoms with Crippen LogP contribution in [0.4, 0.5) is 0 Å². The van der Waals surface area contributed by atoms with Gasteiger partial charge < -0.3 is 10.2 Å². The summed E-state index contributed by atoms with van der Waals surface area (Å²) in [5.74, 6) is 0.602. The Bertz CT molecular complexity index is 454. The third kappa shape index (κ3) is 2.49.